The van der Waals surface area contributed by atoms with Gasteiger partial charge >= 0.3 is 0 Å². The molecule has 5 nitrogen and oxygen atoms in total. The van der Waals surface area contributed by atoms with Crippen LogP contribution in [0, 0.1) is 0 Å². The lowest BCUT2D eigenvalue weighted by Crippen LogP contribution is -2.46. The van der Waals surface area contributed by atoms with Crippen molar-refractivity contribution in [3.05, 3.63) is 0 Å². The van der Waals surface area contributed by atoms with Gasteiger partial charge < -0.3 is 20.5 Å². The number of carbonyl (C=O) groups is 1. The molecule has 0 heterocycles. The fraction of sp³-hybridized carbons (Fsp3) is 0.923. The quantitative estimate of drug-likeness (QED) is 0.533. The number of nitrogens with one attached hydrogen (secondary N) is 2. The Morgan fingerprint density at radius 2 is 2.06 bits per heavy atom. The minimum absolute atomic E-state index is 0.0680. The van der Waals surface area contributed by atoms with Crippen LogP contribution in [0.2, 0.25) is 0 Å². The zero-order valence-electron chi connectivity index (χ0n) is 12.1. The number of aliphatic hydroxyl groups excluding tert-OH is 1. The lowest BCUT2D eigenvalue weighted by atomic mass is 10.1. The van der Waals surface area contributed by atoms with Crippen LogP contribution in [0.1, 0.15) is 40.5 Å². The molecule has 1 unspecified atom stereocenters. The third kappa shape index (κ3) is 11.8. The van der Waals surface area contributed by atoms with Crippen molar-refractivity contribution in [2.24, 2.45) is 0 Å². The van der Waals surface area contributed by atoms with E-state index >= 15 is 0 Å². The highest BCUT2D eigenvalue weighted by atomic mass is 16.5. The Morgan fingerprint density at radius 1 is 1.39 bits per heavy atom. The van der Waals surface area contributed by atoms with Gasteiger partial charge in [0, 0.05) is 18.7 Å². The molecule has 0 aliphatic rings. The second-order valence-corrected chi connectivity index (χ2v) is 5.51. The van der Waals surface area contributed by atoms with Crippen LogP contribution in [0.15, 0.2) is 0 Å². The maximum atomic E-state index is 11.5. The van der Waals surface area contributed by atoms with E-state index in [1.165, 1.54) is 0 Å². The van der Waals surface area contributed by atoms with Crippen LogP contribution < -0.4 is 10.6 Å². The zero-order chi connectivity index (χ0) is 14.0. The molecule has 3 N–H and O–H groups in total. The van der Waals surface area contributed by atoms with Crippen molar-refractivity contribution >= 4 is 5.91 Å². The second kappa shape index (κ2) is 9.30. The van der Waals surface area contributed by atoms with Crippen LogP contribution in [0.3, 0.4) is 0 Å². The highest BCUT2D eigenvalue weighted by molar-refractivity contribution is 5.78. The first-order valence-electron chi connectivity index (χ1n) is 6.62. The summed E-state index contributed by atoms with van der Waals surface area (Å²) < 4.78 is 5.28. The highest BCUT2D eigenvalue weighted by Gasteiger charge is 2.13. The monoisotopic (exact) mass is 260 g/mol. The highest BCUT2D eigenvalue weighted by Crippen LogP contribution is 1.97. The van der Waals surface area contributed by atoms with E-state index < -0.39 is 6.10 Å². The number of carbonyl (C=O) groups excluding carboxylic acids is 1. The first-order chi connectivity index (χ1) is 8.35. The maximum Gasteiger partial charge on any atom is 0.234 e. The summed E-state index contributed by atoms with van der Waals surface area (Å²) in [7, 11) is 0. The molecule has 0 aromatic rings. The second-order valence-electron chi connectivity index (χ2n) is 5.51. The molecular formula is C13H28N2O3. The van der Waals surface area contributed by atoms with Crippen LogP contribution in [-0.2, 0) is 9.53 Å². The lowest BCUT2D eigenvalue weighted by Gasteiger charge is -2.21. The van der Waals surface area contributed by atoms with Crippen LogP contribution in [-0.4, -0.2) is 49.0 Å². The van der Waals surface area contributed by atoms with Gasteiger partial charge in [0.1, 0.15) is 0 Å². The fourth-order valence-corrected chi connectivity index (χ4v) is 1.34. The molecule has 0 saturated carbocycles. The van der Waals surface area contributed by atoms with Crippen molar-refractivity contribution in [3.8, 4) is 0 Å². The molecule has 0 aliphatic heterocycles. The number of ether oxygens (including phenoxy) is 1. The number of aliphatic hydroxyl groups is 1. The molecule has 18 heavy (non-hydrogen) atoms. The molecule has 0 saturated heterocycles. The zero-order valence-corrected chi connectivity index (χ0v) is 12.1. The van der Waals surface area contributed by atoms with Crippen molar-refractivity contribution in [1.82, 2.24) is 10.6 Å². The van der Waals surface area contributed by atoms with E-state index in [2.05, 4.69) is 17.6 Å². The number of rotatable bonds is 9. The molecule has 0 rings (SSSR count). The van der Waals surface area contributed by atoms with Gasteiger partial charge in [-0.3, -0.25) is 4.79 Å². The smallest absolute Gasteiger partial charge is 0.234 e. The summed E-state index contributed by atoms with van der Waals surface area (Å²) in [5, 5.41) is 15.3. The van der Waals surface area contributed by atoms with Gasteiger partial charge in [0.25, 0.3) is 0 Å². The number of unbranched alkanes of at least 4 members (excludes halogenated alkanes) is 1. The van der Waals surface area contributed by atoms with E-state index in [1.807, 2.05) is 20.8 Å². The Kier molecular flexibility index (Phi) is 8.97. The normalized spacial score (nSPS) is 13.4. The number of hydrogen-bond acceptors (Lipinski definition) is 4. The van der Waals surface area contributed by atoms with Crippen LogP contribution >= 0.6 is 0 Å². The van der Waals surface area contributed by atoms with Crippen LogP contribution in [0.5, 0.6) is 0 Å². The Labute approximate surface area is 110 Å². The Hall–Kier alpha value is -0.650. The third-order valence-electron chi connectivity index (χ3n) is 2.13. The standard InChI is InChI=1S/C13H28N2O3/c1-5-6-7-18-10-11(16)8-14-9-12(17)15-13(2,3)4/h11,14,16H,5-10H2,1-4H3,(H,15,17). The summed E-state index contributed by atoms with van der Waals surface area (Å²) in [6, 6.07) is 0. The minimum Gasteiger partial charge on any atom is -0.389 e. The maximum absolute atomic E-state index is 11.5. The van der Waals surface area contributed by atoms with Gasteiger partial charge in [0.05, 0.1) is 19.3 Å². The van der Waals surface area contributed by atoms with Crippen molar-refractivity contribution in [2.75, 3.05) is 26.3 Å². The summed E-state index contributed by atoms with van der Waals surface area (Å²) in [5.74, 6) is -0.0680. The van der Waals surface area contributed by atoms with E-state index in [9.17, 15) is 9.90 Å². The van der Waals surface area contributed by atoms with E-state index in [-0.39, 0.29) is 18.0 Å². The first-order valence-corrected chi connectivity index (χ1v) is 6.62. The van der Waals surface area contributed by atoms with Gasteiger partial charge in [-0.05, 0) is 27.2 Å². The SMILES string of the molecule is CCCCOCC(O)CNCC(=O)NC(C)(C)C. The van der Waals surface area contributed by atoms with Crippen molar-refractivity contribution < 1.29 is 14.6 Å². The molecule has 1 amide bonds. The van der Waals surface area contributed by atoms with Gasteiger partial charge in [-0.15, -0.1) is 0 Å². The molecule has 1 atom stereocenters. The molecule has 108 valence electrons. The minimum atomic E-state index is -0.565. The molecule has 0 fully saturated rings. The summed E-state index contributed by atoms with van der Waals surface area (Å²) in [6.07, 6.45) is 1.53. The molecule has 0 aliphatic carbocycles. The van der Waals surface area contributed by atoms with Gasteiger partial charge in [-0.25, -0.2) is 0 Å². The average molecular weight is 260 g/mol. The summed E-state index contributed by atoms with van der Waals surface area (Å²) in [4.78, 5) is 11.5. The molecule has 0 bridgehead atoms. The van der Waals surface area contributed by atoms with E-state index in [1.54, 1.807) is 0 Å². The predicted octanol–water partition coefficient (Wildman–Crippen LogP) is 0.668. The van der Waals surface area contributed by atoms with E-state index in [0.29, 0.717) is 19.8 Å². The molecule has 5 heteroatoms. The molecule has 0 radical (unpaired) electrons. The topological polar surface area (TPSA) is 70.6 Å². The molecule has 0 aromatic heterocycles. The van der Waals surface area contributed by atoms with Gasteiger partial charge in [-0.2, -0.15) is 0 Å². The number of amides is 1. The predicted molar refractivity (Wildman–Crippen MR) is 72.5 cm³/mol. The van der Waals surface area contributed by atoms with Crippen molar-refractivity contribution in [3.63, 3.8) is 0 Å². The summed E-state index contributed by atoms with van der Waals surface area (Å²) in [5.41, 5.74) is -0.222. The van der Waals surface area contributed by atoms with Gasteiger partial charge in [0.2, 0.25) is 5.91 Å². The van der Waals surface area contributed by atoms with E-state index in [4.69, 9.17) is 4.74 Å². The van der Waals surface area contributed by atoms with Crippen LogP contribution in [0.25, 0.3) is 0 Å². The first kappa shape index (κ1) is 17.4. The van der Waals surface area contributed by atoms with Crippen molar-refractivity contribution in [2.45, 2.75) is 52.2 Å². The summed E-state index contributed by atoms with van der Waals surface area (Å²) >= 11 is 0. The van der Waals surface area contributed by atoms with Crippen molar-refractivity contribution in [1.29, 1.82) is 0 Å². The Balaban J connectivity index is 3.50. The molecular weight excluding hydrogens is 232 g/mol. The third-order valence-corrected chi connectivity index (χ3v) is 2.13. The Morgan fingerprint density at radius 3 is 2.61 bits per heavy atom. The fourth-order valence-electron chi connectivity index (χ4n) is 1.34. The Bertz CT molecular complexity index is 227. The average Bonchev–Trinajstić information content (AvgIpc) is 2.22. The molecule has 0 spiro atoms. The number of hydrogen-bond donors (Lipinski definition) is 3. The largest absolute Gasteiger partial charge is 0.389 e. The molecule has 0 aromatic carbocycles. The van der Waals surface area contributed by atoms with Gasteiger partial charge in [0.15, 0.2) is 0 Å². The van der Waals surface area contributed by atoms with Gasteiger partial charge in [-0.1, -0.05) is 13.3 Å². The lowest BCUT2D eigenvalue weighted by molar-refractivity contribution is -0.121. The van der Waals surface area contributed by atoms with E-state index in [0.717, 1.165) is 12.8 Å². The van der Waals surface area contributed by atoms with Crippen LogP contribution in [0.4, 0.5) is 0 Å². The summed E-state index contributed by atoms with van der Waals surface area (Å²) in [6.45, 7) is 9.46.